The van der Waals surface area contributed by atoms with Gasteiger partial charge in [-0.15, -0.1) is 0 Å². The molecule has 0 radical (unpaired) electrons. The van der Waals surface area contributed by atoms with Crippen LogP contribution < -0.4 is 4.74 Å². The van der Waals surface area contributed by atoms with Crippen LogP contribution >= 0.6 is 0 Å². The van der Waals surface area contributed by atoms with Gasteiger partial charge in [0.2, 0.25) is 0 Å². The van der Waals surface area contributed by atoms with Crippen LogP contribution in [0.25, 0.3) is 33.3 Å². The summed E-state index contributed by atoms with van der Waals surface area (Å²) < 4.78 is 59.5. The molecule has 226 valence electrons. The Hall–Kier alpha value is -3.83. The van der Waals surface area contributed by atoms with Gasteiger partial charge in [-0.1, -0.05) is 48.5 Å². The van der Waals surface area contributed by atoms with Crippen LogP contribution in [0.3, 0.4) is 0 Å². The molecular formula is C32H33F2N3O5S. The summed E-state index contributed by atoms with van der Waals surface area (Å²) in [5.41, 5.74) is 3.39. The summed E-state index contributed by atoms with van der Waals surface area (Å²) in [6, 6.07) is 16.4. The molecule has 2 aliphatic rings. The van der Waals surface area contributed by atoms with Gasteiger partial charge in [0.25, 0.3) is 6.01 Å². The summed E-state index contributed by atoms with van der Waals surface area (Å²) in [6.45, 7) is 2.31. The molecule has 0 unspecified atom stereocenters. The number of sulfone groups is 1. The Morgan fingerprint density at radius 2 is 1.60 bits per heavy atom. The van der Waals surface area contributed by atoms with Gasteiger partial charge in [0.15, 0.2) is 5.82 Å². The minimum atomic E-state index is -2.95. The van der Waals surface area contributed by atoms with Crippen molar-refractivity contribution < 1.29 is 31.8 Å². The van der Waals surface area contributed by atoms with Crippen LogP contribution in [-0.4, -0.2) is 65.6 Å². The highest BCUT2D eigenvalue weighted by Crippen LogP contribution is 2.34. The number of nitrogens with zero attached hydrogens (tertiary/aromatic N) is 2. The maximum Gasteiger partial charge on any atom is 0.306 e. The van der Waals surface area contributed by atoms with Crippen LogP contribution in [0.15, 0.2) is 54.6 Å². The smallest absolute Gasteiger partial charge is 0.306 e. The number of ether oxygens (including phenoxy) is 1. The lowest BCUT2D eigenvalue weighted by Gasteiger charge is -2.39. The SMILES string of the molecule is CS(=O)(=O)CC1CN(Cc2ccc(-c3ccc(-c4c(F)cc5[nH]c(O[C@H]6CC[C@H](C(=O)O)CC6)nc5c4F)cc3)cc2)C1. The van der Waals surface area contributed by atoms with Crippen LogP contribution in [-0.2, 0) is 21.2 Å². The van der Waals surface area contributed by atoms with E-state index in [4.69, 9.17) is 4.74 Å². The number of aromatic nitrogens is 2. The zero-order chi connectivity index (χ0) is 30.3. The molecule has 0 amide bonds. The molecule has 0 atom stereocenters. The van der Waals surface area contributed by atoms with Crippen molar-refractivity contribution in [2.24, 2.45) is 11.8 Å². The second-order valence-corrected chi connectivity index (χ2v) is 14.0. The zero-order valence-electron chi connectivity index (χ0n) is 23.7. The Morgan fingerprint density at radius 3 is 2.21 bits per heavy atom. The molecule has 2 heterocycles. The van der Waals surface area contributed by atoms with Crippen LogP contribution in [0.4, 0.5) is 8.78 Å². The van der Waals surface area contributed by atoms with Gasteiger partial charge in [-0.25, -0.2) is 17.2 Å². The third kappa shape index (κ3) is 6.57. The number of rotatable bonds is 9. The molecule has 1 saturated carbocycles. The van der Waals surface area contributed by atoms with E-state index in [0.717, 1.165) is 36.3 Å². The summed E-state index contributed by atoms with van der Waals surface area (Å²) in [5.74, 6) is -2.25. The number of aliphatic carboxylic acids is 1. The van der Waals surface area contributed by atoms with Gasteiger partial charge in [0, 0.05) is 32.0 Å². The second-order valence-electron chi connectivity index (χ2n) is 11.8. The number of benzene rings is 3. The molecule has 0 spiro atoms. The minimum Gasteiger partial charge on any atom is -0.481 e. The highest BCUT2D eigenvalue weighted by Gasteiger charge is 2.30. The van der Waals surface area contributed by atoms with Crippen molar-refractivity contribution in [2.75, 3.05) is 25.1 Å². The van der Waals surface area contributed by atoms with E-state index in [1.165, 1.54) is 12.3 Å². The Balaban J connectivity index is 1.12. The van der Waals surface area contributed by atoms with Crippen molar-refractivity contribution in [2.45, 2.75) is 38.3 Å². The van der Waals surface area contributed by atoms with Crippen molar-refractivity contribution in [3.8, 4) is 28.3 Å². The molecular weight excluding hydrogens is 576 g/mol. The van der Waals surface area contributed by atoms with E-state index in [0.29, 0.717) is 31.2 Å². The molecule has 1 aliphatic carbocycles. The van der Waals surface area contributed by atoms with E-state index in [-0.39, 0.29) is 46.3 Å². The van der Waals surface area contributed by atoms with Gasteiger partial charge in [0.05, 0.1) is 22.8 Å². The molecule has 2 fully saturated rings. The van der Waals surface area contributed by atoms with E-state index >= 15 is 8.78 Å². The number of aromatic amines is 1. The number of carboxylic acids is 1. The lowest BCUT2D eigenvalue weighted by molar-refractivity contribution is -0.143. The second kappa shape index (κ2) is 11.7. The molecule has 6 rings (SSSR count). The van der Waals surface area contributed by atoms with Crippen LogP contribution in [0.5, 0.6) is 6.01 Å². The van der Waals surface area contributed by atoms with Crippen LogP contribution in [0, 0.1) is 23.5 Å². The predicted molar refractivity (Wildman–Crippen MR) is 159 cm³/mol. The lowest BCUT2D eigenvalue weighted by Crippen LogP contribution is -2.48. The average Bonchev–Trinajstić information content (AvgIpc) is 3.34. The average molecular weight is 610 g/mol. The van der Waals surface area contributed by atoms with Crippen molar-refractivity contribution in [1.82, 2.24) is 14.9 Å². The van der Waals surface area contributed by atoms with Gasteiger partial charge in [0.1, 0.15) is 27.3 Å². The van der Waals surface area contributed by atoms with Gasteiger partial charge in [-0.05, 0) is 53.9 Å². The van der Waals surface area contributed by atoms with Crippen LogP contribution in [0.1, 0.15) is 31.2 Å². The molecule has 1 aliphatic heterocycles. The third-order valence-corrected chi connectivity index (χ3v) is 9.46. The third-order valence-electron chi connectivity index (χ3n) is 8.39. The van der Waals surface area contributed by atoms with Crippen molar-refractivity contribution in [1.29, 1.82) is 0 Å². The molecule has 1 saturated heterocycles. The molecule has 1 aromatic heterocycles. The summed E-state index contributed by atoms with van der Waals surface area (Å²) in [4.78, 5) is 20.5. The topological polar surface area (TPSA) is 113 Å². The van der Waals surface area contributed by atoms with E-state index in [9.17, 15) is 18.3 Å². The molecule has 0 bridgehead atoms. The Bertz CT molecular complexity index is 1740. The standard InChI is InChI=1S/C32H33F2N3O5S/c1-43(40,41)18-20-16-37(17-20)15-19-2-4-21(5-3-19)22-6-8-23(9-7-22)28-26(33)14-27-30(29(28)34)36-32(35-27)42-25-12-10-24(11-13-25)31(38)39/h2-9,14,20,24-25H,10-13,15-18H2,1H3,(H,35,36)(H,38,39)/t24-,25-. The number of hydrogen-bond acceptors (Lipinski definition) is 6. The predicted octanol–water partition coefficient (Wildman–Crippen LogP) is 5.67. The first-order valence-electron chi connectivity index (χ1n) is 14.4. The van der Waals surface area contributed by atoms with Crippen molar-refractivity contribution in [3.05, 3.63) is 71.8 Å². The number of nitrogens with one attached hydrogen (secondary N) is 1. The molecule has 3 aromatic carbocycles. The maximum atomic E-state index is 15.6. The Labute approximate surface area is 248 Å². The first kappa shape index (κ1) is 29.3. The fraction of sp³-hybridized carbons (Fsp3) is 0.375. The summed E-state index contributed by atoms with van der Waals surface area (Å²) in [5, 5.41) is 9.18. The molecule has 2 N–H and O–H groups in total. The summed E-state index contributed by atoms with van der Waals surface area (Å²) in [6.07, 6.45) is 3.15. The summed E-state index contributed by atoms with van der Waals surface area (Å²) in [7, 11) is -2.95. The van der Waals surface area contributed by atoms with E-state index in [1.807, 2.05) is 36.4 Å². The molecule has 43 heavy (non-hydrogen) atoms. The number of fused-ring (bicyclic) bond motifs is 1. The van der Waals surface area contributed by atoms with E-state index in [2.05, 4.69) is 14.9 Å². The highest BCUT2D eigenvalue weighted by atomic mass is 32.2. The minimum absolute atomic E-state index is 0.0184. The van der Waals surface area contributed by atoms with Gasteiger partial charge >= 0.3 is 5.97 Å². The largest absolute Gasteiger partial charge is 0.481 e. The lowest BCUT2D eigenvalue weighted by atomic mass is 9.87. The normalized spacial score (nSPS) is 19.8. The first-order valence-corrected chi connectivity index (χ1v) is 16.5. The molecule has 8 nitrogen and oxygen atoms in total. The first-order chi connectivity index (χ1) is 20.5. The summed E-state index contributed by atoms with van der Waals surface area (Å²) >= 11 is 0. The number of halogens is 2. The van der Waals surface area contributed by atoms with Crippen molar-refractivity contribution >= 4 is 26.8 Å². The Kier molecular flexibility index (Phi) is 7.95. The molecule has 4 aromatic rings. The van der Waals surface area contributed by atoms with Gasteiger partial charge in [-0.2, -0.15) is 4.98 Å². The number of carboxylic acid groups (broad SMARTS) is 1. The zero-order valence-corrected chi connectivity index (χ0v) is 24.5. The maximum absolute atomic E-state index is 15.6. The number of carbonyl (C=O) groups is 1. The Morgan fingerprint density at radius 1 is 1.00 bits per heavy atom. The highest BCUT2D eigenvalue weighted by molar-refractivity contribution is 7.90. The molecule has 11 heteroatoms. The quantitative estimate of drug-likeness (QED) is 0.251. The number of hydrogen-bond donors (Lipinski definition) is 2. The number of likely N-dealkylation sites (tertiary alicyclic amines) is 1. The van der Waals surface area contributed by atoms with Gasteiger partial charge in [-0.3, -0.25) is 9.69 Å². The van der Waals surface area contributed by atoms with Crippen LogP contribution in [0.2, 0.25) is 0 Å². The van der Waals surface area contributed by atoms with E-state index in [1.54, 1.807) is 12.1 Å². The van der Waals surface area contributed by atoms with E-state index < -0.39 is 27.4 Å². The van der Waals surface area contributed by atoms with Crippen molar-refractivity contribution in [3.63, 3.8) is 0 Å². The monoisotopic (exact) mass is 609 g/mol. The fourth-order valence-electron chi connectivity index (χ4n) is 6.19. The number of H-pyrrole nitrogens is 1. The van der Waals surface area contributed by atoms with Gasteiger partial charge < -0.3 is 14.8 Å². The fourth-order valence-corrected chi connectivity index (χ4v) is 7.26. The number of imidazole rings is 1.